The summed E-state index contributed by atoms with van der Waals surface area (Å²) < 4.78 is 16.3. The molecular weight excluding hydrogens is 338 g/mol. The van der Waals surface area contributed by atoms with Gasteiger partial charge in [0.1, 0.15) is 19.0 Å². The second-order valence-corrected chi connectivity index (χ2v) is 6.02. The number of ether oxygens (including phenoxy) is 2. The fourth-order valence-electron chi connectivity index (χ4n) is 2.60. The maximum Gasteiger partial charge on any atom is 0.313 e. The number of nitrogens with one attached hydrogen (secondary N) is 2. The van der Waals surface area contributed by atoms with E-state index < -0.39 is 11.8 Å². The number of fused-ring (bicyclic) bond motifs is 1. The first kappa shape index (κ1) is 17.8. The summed E-state index contributed by atoms with van der Waals surface area (Å²) in [6.45, 7) is 1.18. The number of nitrogens with zero attached hydrogens (tertiary/aromatic N) is 1. The number of hydrogen-bond donors (Lipinski definition) is 2. The molecule has 0 aliphatic carbocycles. The molecule has 1 aromatic heterocycles. The van der Waals surface area contributed by atoms with Gasteiger partial charge in [0.2, 0.25) is 0 Å². The molecule has 138 valence electrons. The summed E-state index contributed by atoms with van der Waals surface area (Å²) in [6.07, 6.45) is 1.57. The minimum absolute atomic E-state index is 0.170. The Bertz CT molecular complexity index is 773. The van der Waals surface area contributed by atoms with Crippen LogP contribution in [0.15, 0.2) is 41.0 Å². The molecule has 0 unspecified atom stereocenters. The summed E-state index contributed by atoms with van der Waals surface area (Å²) in [5.41, 5.74) is 0.463. The average molecular weight is 359 g/mol. The van der Waals surface area contributed by atoms with E-state index in [0.29, 0.717) is 36.2 Å². The van der Waals surface area contributed by atoms with Crippen LogP contribution in [-0.2, 0) is 9.59 Å². The van der Waals surface area contributed by atoms with Gasteiger partial charge in [0.15, 0.2) is 11.5 Å². The Morgan fingerprint density at radius 3 is 2.58 bits per heavy atom. The molecule has 8 heteroatoms. The molecule has 1 aromatic carbocycles. The number of anilines is 1. The van der Waals surface area contributed by atoms with E-state index in [-0.39, 0.29) is 12.6 Å². The lowest BCUT2D eigenvalue weighted by atomic mass is 10.2. The molecule has 3 rings (SSSR count). The van der Waals surface area contributed by atoms with Gasteiger partial charge >= 0.3 is 11.8 Å². The van der Waals surface area contributed by atoms with Gasteiger partial charge in [-0.25, -0.2) is 0 Å². The van der Waals surface area contributed by atoms with Crippen LogP contribution in [0.25, 0.3) is 0 Å². The molecule has 0 fully saturated rings. The fraction of sp³-hybridized carbons (Fsp3) is 0.333. The predicted octanol–water partition coefficient (Wildman–Crippen LogP) is 1.41. The van der Waals surface area contributed by atoms with Gasteiger partial charge in [0.25, 0.3) is 0 Å². The molecule has 0 saturated heterocycles. The first-order chi connectivity index (χ1) is 12.5. The van der Waals surface area contributed by atoms with Gasteiger partial charge in [-0.3, -0.25) is 14.5 Å². The maximum absolute atomic E-state index is 12.1. The third-order valence-corrected chi connectivity index (χ3v) is 3.96. The van der Waals surface area contributed by atoms with Gasteiger partial charge in [-0.1, -0.05) is 0 Å². The molecule has 8 nitrogen and oxygen atoms in total. The Labute approximate surface area is 151 Å². The Kier molecular flexibility index (Phi) is 5.43. The molecule has 0 bridgehead atoms. The maximum atomic E-state index is 12.1. The van der Waals surface area contributed by atoms with Crippen molar-refractivity contribution in [2.75, 3.05) is 39.2 Å². The van der Waals surface area contributed by atoms with Crippen molar-refractivity contribution >= 4 is 17.5 Å². The van der Waals surface area contributed by atoms with Crippen LogP contribution in [-0.4, -0.2) is 50.6 Å². The lowest BCUT2D eigenvalue weighted by Gasteiger charge is -2.22. The molecule has 0 radical (unpaired) electrons. The second-order valence-electron chi connectivity index (χ2n) is 6.02. The van der Waals surface area contributed by atoms with Gasteiger partial charge in [0.05, 0.1) is 12.3 Å². The van der Waals surface area contributed by atoms with Crippen molar-refractivity contribution in [3.8, 4) is 11.5 Å². The van der Waals surface area contributed by atoms with Crippen LogP contribution < -0.4 is 20.1 Å². The zero-order chi connectivity index (χ0) is 18.5. The average Bonchev–Trinajstić information content (AvgIpc) is 3.15. The summed E-state index contributed by atoms with van der Waals surface area (Å²) in [6, 6.07) is 8.42. The molecule has 0 spiro atoms. The number of benzene rings is 1. The minimum Gasteiger partial charge on any atom is -0.486 e. The van der Waals surface area contributed by atoms with Crippen molar-refractivity contribution in [3.05, 3.63) is 42.4 Å². The molecule has 1 aliphatic rings. The van der Waals surface area contributed by atoms with E-state index in [1.165, 1.54) is 0 Å². The van der Waals surface area contributed by atoms with Crippen molar-refractivity contribution in [1.82, 2.24) is 10.2 Å². The van der Waals surface area contributed by atoms with Crippen LogP contribution in [0.5, 0.6) is 11.5 Å². The normalized spacial score (nSPS) is 14.0. The Hall–Kier alpha value is -3.00. The largest absolute Gasteiger partial charge is 0.486 e. The zero-order valence-electron chi connectivity index (χ0n) is 14.7. The van der Waals surface area contributed by atoms with Crippen molar-refractivity contribution < 1.29 is 23.5 Å². The van der Waals surface area contributed by atoms with Crippen molar-refractivity contribution in [2.45, 2.75) is 6.04 Å². The van der Waals surface area contributed by atoms with Crippen LogP contribution >= 0.6 is 0 Å². The van der Waals surface area contributed by atoms with Crippen LogP contribution in [0.3, 0.4) is 0 Å². The van der Waals surface area contributed by atoms with Gasteiger partial charge in [0, 0.05) is 18.3 Å². The van der Waals surface area contributed by atoms with Crippen LogP contribution in [0.4, 0.5) is 5.69 Å². The molecule has 26 heavy (non-hydrogen) atoms. The number of amides is 2. The summed E-state index contributed by atoms with van der Waals surface area (Å²) in [5, 5.41) is 5.18. The van der Waals surface area contributed by atoms with Crippen molar-refractivity contribution in [1.29, 1.82) is 0 Å². The molecule has 1 aliphatic heterocycles. The lowest BCUT2D eigenvalue weighted by Crippen LogP contribution is -2.40. The molecule has 2 aromatic rings. The van der Waals surface area contributed by atoms with E-state index >= 15 is 0 Å². The van der Waals surface area contributed by atoms with Crippen LogP contribution in [0.2, 0.25) is 0 Å². The quantitative estimate of drug-likeness (QED) is 0.784. The number of hydrogen-bond acceptors (Lipinski definition) is 6. The molecule has 0 saturated carbocycles. The first-order valence-electron chi connectivity index (χ1n) is 8.23. The van der Waals surface area contributed by atoms with Crippen LogP contribution in [0, 0.1) is 0 Å². The number of furan rings is 1. The smallest absolute Gasteiger partial charge is 0.313 e. The highest BCUT2D eigenvalue weighted by atomic mass is 16.6. The highest BCUT2D eigenvalue weighted by Crippen LogP contribution is 2.32. The van der Waals surface area contributed by atoms with E-state index in [1.807, 2.05) is 25.1 Å². The predicted molar refractivity (Wildman–Crippen MR) is 94.2 cm³/mol. The summed E-state index contributed by atoms with van der Waals surface area (Å²) in [5.74, 6) is 0.394. The van der Waals surface area contributed by atoms with Crippen LogP contribution in [0.1, 0.15) is 11.8 Å². The SMILES string of the molecule is CN(C)[C@H](CNC(=O)C(=O)Nc1ccc2c(c1)OCCO2)c1ccco1. The highest BCUT2D eigenvalue weighted by molar-refractivity contribution is 6.39. The third-order valence-electron chi connectivity index (χ3n) is 3.96. The molecule has 1 atom stereocenters. The minimum atomic E-state index is -0.751. The molecular formula is C18H21N3O5. The number of likely N-dealkylation sites (N-methyl/N-ethyl adjacent to an activating group) is 1. The molecule has 2 N–H and O–H groups in total. The summed E-state index contributed by atoms with van der Waals surface area (Å²) >= 11 is 0. The fourth-order valence-corrected chi connectivity index (χ4v) is 2.60. The van der Waals surface area contributed by atoms with Gasteiger partial charge in [-0.15, -0.1) is 0 Å². The third kappa shape index (κ3) is 4.15. The monoisotopic (exact) mass is 359 g/mol. The number of rotatable bonds is 5. The van der Waals surface area contributed by atoms with E-state index in [1.54, 1.807) is 30.5 Å². The zero-order valence-corrected chi connectivity index (χ0v) is 14.7. The van der Waals surface area contributed by atoms with Gasteiger partial charge < -0.3 is 24.5 Å². The standard InChI is InChI=1S/C18H21N3O5/c1-21(2)13(14-4-3-7-24-14)11-19-17(22)18(23)20-12-5-6-15-16(10-12)26-9-8-25-15/h3-7,10,13H,8-9,11H2,1-2H3,(H,19,22)(H,20,23)/t13-/m1/s1. The van der Waals surface area contributed by atoms with E-state index in [9.17, 15) is 9.59 Å². The van der Waals surface area contributed by atoms with Gasteiger partial charge in [-0.05, 0) is 38.4 Å². The molecule has 2 amide bonds. The van der Waals surface area contributed by atoms with E-state index in [2.05, 4.69) is 10.6 Å². The highest BCUT2D eigenvalue weighted by Gasteiger charge is 2.21. The summed E-state index contributed by atoms with van der Waals surface area (Å²) in [4.78, 5) is 26.1. The van der Waals surface area contributed by atoms with E-state index in [4.69, 9.17) is 13.9 Å². The Morgan fingerprint density at radius 1 is 1.12 bits per heavy atom. The molecule has 2 heterocycles. The summed E-state index contributed by atoms with van der Waals surface area (Å²) in [7, 11) is 3.74. The Balaban J connectivity index is 1.57. The van der Waals surface area contributed by atoms with Gasteiger partial charge in [-0.2, -0.15) is 0 Å². The van der Waals surface area contributed by atoms with Crippen molar-refractivity contribution in [2.24, 2.45) is 0 Å². The van der Waals surface area contributed by atoms with E-state index in [0.717, 1.165) is 0 Å². The lowest BCUT2D eigenvalue weighted by molar-refractivity contribution is -0.136. The second kappa shape index (κ2) is 7.92. The number of carbonyl (C=O) groups excluding carboxylic acids is 2. The Morgan fingerprint density at radius 2 is 1.88 bits per heavy atom. The van der Waals surface area contributed by atoms with Crippen molar-refractivity contribution in [3.63, 3.8) is 0 Å². The topological polar surface area (TPSA) is 93.0 Å². The number of carbonyl (C=O) groups is 2. The first-order valence-corrected chi connectivity index (χ1v) is 8.23.